The van der Waals surface area contributed by atoms with E-state index < -0.39 is 11.9 Å². The molecule has 0 aromatic rings. The summed E-state index contributed by atoms with van der Waals surface area (Å²) < 4.78 is 0. The molecule has 1 aliphatic rings. The average molecular weight is 227 g/mol. The first-order valence-corrected chi connectivity index (χ1v) is 5.93. The van der Waals surface area contributed by atoms with E-state index in [0.717, 1.165) is 12.8 Å². The molecule has 16 heavy (non-hydrogen) atoms. The van der Waals surface area contributed by atoms with Gasteiger partial charge in [-0.2, -0.15) is 0 Å². The largest absolute Gasteiger partial charge is 0.481 e. The number of carbonyl (C=O) groups is 2. The lowest BCUT2D eigenvalue weighted by molar-refractivity contribution is -0.143. The number of carbonyl (C=O) groups excluding carboxylic acids is 1. The van der Waals surface area contributed by atoms with Crippen LogP contribution < -0.4 is 0 Å². The summed E-state index contributed by atoms with van der Waals surface area (Å²) >= 11 is 0. The predicted octanol–water partition coefficient (Wildman–Crippen LogP) is 1.60. The van der Waals surface area contributed by atoms with Crippen LogP contribution in [-0.4, -0.2) is 35.0 Å². The number of hydrogen-bond donors (Lipinski definition) is 1. The molecule has 0 aromatic carbocycles. The molecule has 0 saturated heterocycles. The van der Waals surface area contributed by atoms with Crippen molar-refractivity contribution in [2.45, 2.75) is 33.6 Å². The number of carboxylic acid groups (broad SMARTS) is 1. The molecule has 0 spiro atoms. The second kappa shape index (κ2) is 5.32. The van der Waals surface area contributed by atoms with Gasteiger partial charge >= 0.3 is 5.97 Å². The topological polar surface area (TPSA) is 57.6 Å². The highest BCUT2D eigenvalue weighted by molar-refractivity contribution is 5.81. The lowest BCUT2D eigenvalue weighted by Gasteiger charge is -2.26. The summed E-state index contributed by atoms with van der Waals surface area (Å²) in [6, 6.07) is 0. The fourth-order valence-electron chi connectivity index (χ4n) is 1.69. The van der Waals surface area contributed by atoms with E-state index in [-0.39, 0.29) is 11.8 Å². The van der Waals surface area contributed by atoms with Crippen molar-refractivity contribution in [3.8, 4) is 0 Å². The lowest BCUT2D eigenvalue weighted by atomic mass is 10.1. The van der Waals surface area contributed by atoms with Gasteiger partial charge < -0.3 is 10.0 Å². The molecule has 0 bridgehead atoms. The van der Waals surface area contributed by atoms with Crippen LogP contribution in [0.15, 0.2) is 0 Å². The summed E-state index contributed by atoms with van der Waals surface area (Å²) in [7, 11) is 0. The van der Waals surface area contributed by atoms with Gasteiger partial charge in [-0.15, -0.1) is 0 Å². The van der Waals surface area contributed by atoms with Crippen molar-refractivity contribution in [1.29, 1.82) is 0 Å². The van der Waals surface area contributed by atoms with E-state index in [2.05, 4.69) is 0 Å². The van der Waals surface area contributed by atoms with Crippen molar-refractivity contribution in [2.75, 3.05) is 13.1 Å². The Kier molecular flexibility index (Phi) is 4.33. The Morgan fingerprint density at radius 2 is 1.81 bits per heavy atom. The number of aliphatic carboxylic acids is 1. The third-order valence-electron chi connectivity index (χ3n) is 2.74. The predicted molar refractivity (Wildman–Crippen MR) is 60.9 cm³/mol. The Morgan fingerprint density at radius 3 is 2.19 bits per heavy atom. The van der Waals surface area contributed by atoms with Crippen LogP contribution in [0.1, 0.15) is 33.6 Å². The quantitative estimate of drug-likeness (QED) is 0.750. The van der Waals surface area contributed by atoms with Crippen molar-refractivity contribution in [3.05, 3.63) is 0 Å². The summed E-state index contributed by atoms with van der Waals surface area (Å²) in [6.07, 6.45) is 1.93. The molecule has 1 unspecified atom stereocenters. The zero-order chi connectivity index (χ0) is 12.3. The number of amides is 1. The SMILES string of the molecule is CC(C)CN(CC(C)C(=O)O)C(=O)C1CC1. The average Bonchev–Trinajstić information content (AvgIpc) is 2.97. The van der Waals surface area contributed by atoms with Gasteiger partial charge in [0, 0.05) is 19.0 Å². The molecule has 0 radical (unpaired) electrons. The van der Waals surface area contributed by atoms with Crippen LogP contribution in [0.3, 0.4) is 0 Å². The van der Waals surface area contributed by atoms with Crippen molar-refractivity contribution in [3.63, 3.8) is 0 Å². The van der Waals surface area contributed by atoms with E-state index >= 15 is 0 Å². The molecule has 0 aliphatic heterocycles. The van der Waals surface area contributed by atoms with Gasteiger partial charge in [0.15, 0.2) is 0 Å². The molecule has 0 aromatic heterocycles. The molecule has 1 rings (SSSR count). The molecule has 1 amide bonds. The zero-order valence-corrected chi connectivity index (χ0v) is 10.3. The van der Waals surface area contributed by atoms with Crippen LogP contribution in [0, 0.1) is 17.8 Å². The Balaban J connectivity index is 2.55. The van der Waals surface area contributed by atoms with Crippen LogP contribution in [0.5, 0.6) is 0 Å². The molecule has 4 heteroatoms. The number of rotatable bonds is 6. The molecule has 1 atom stereocenters. The van der Waals surface area contributed by atoms with E-state index in [1.165, 1.54) is 0 Å². The fourth-order valence-corrected chi connectivity index (χ4v) is 1.69. The van der Waals surface area contributed by atoms with Gasteiger partial charge in [-0.25, -0.2) is 0 Å². The van der Waals surface area contributed by atoms with Crippen LogP contribution in [0.2, 0.25) is 0 Å². The minimum atomic E-state index is -0.836. The number of nitrogens with zero attached hydrogens (tertiary/aromatic N) is 1. The second-order valence-corrected chi connectivity index (χ2v) is 5.15. The zero-order valence-electron chi connectivity index (χ0n) is 10.3. The van der Waals surface area contributed by atoms with Gasteiger partial charge in [-0.1, -0.05) is 20.8 Å². The summed E-state index contributed by atoms with van der Waals surface area (Å²) in [6.45, 7) is 6.73. The summed E-state index contributed by atoms with van der Waals surface area (Å²) in [5.74, 6) is -0.635. The summed E-state index contributed by atoms with van der Waals surface area (Å²) in [5.41, 5.74) is 0. The molecule has 0 heterocycles. The third-order valence-corrected chi connectivity index (χ3v) is 2.74. The van der Waals surface area contributed by atoms with E-state index in [0.29, 0.717) is 19.0 Å². The van der Waals surface area contributed by atoms with Gasteiger partial charge in [0.1, 0.15) is 0 Å². The Hall–Kier alpha value is -1.06. The fraction of sp³-hybridized carbons (Fsp3) is 0.833. The standard InChI is InChI=1S/C12H21NO3/c1-8(2)6-13(7-9(3)12(15)16)11(14)10-4-5-10/h8-10H,4-7H2,1-3H3,(H,15,16). The van der Waals surface area contributed by atoms with Gasteiger partial charge in [0.25, 0.3) is 0 Å². The van der Waals surface area contributed by atoms with Crippen molar-refractivity contribution >= 4 is 11.9 Å². The lowest BCUT2D eigenvalue weighted by Crippen LogP contribution is -2.40. The molecule has 1 saturated carbocycles. The van der Waals surface area contributed by atoms with Crippen molar-refractivity contribution < 1.29 is 14.7 Å². The maximum Gasteiger partial charge on any atom is 0.308 e. The number of carboxylic acids is 1. The molecular weight excluding hydrogens is 206 g/mol. The second-order valence-electron chi connectivity index (χ2n) is 5.15. The maximum atomic E-state index is 11.9. The monoisotopic (exact) mass is 227 g/mol. The molecule has 1 fully saturated rings. The van der Waals surface area contributed by atoms with Crippen LogP contribution in [0.25, 0.3) is 0 Å². The minimum Gasteiger partial charge on any atom is -0.481 e. The molecule has 1 N–H and O–H groups in total. The van der Waals surface area contributed by atoms with Gasteiger partial charge in [-0.05, 0) is 18.8 Å². The van der Waals surface area contributed by atoms with Crippen molar-refractivity contribution in [2.24, 2.45) is 17.8 Å². The first-order valence-electron chi connectivity index (χ1n) is 5.93. The highest BCUT2D eigenvalue weighted by Crippen LogP contribution is 2.31. The summed E-state index contributed by atoms with van der Waals surface area (Å²) in [4.78, 5) is 24.4. The van der Waals surface area contributed by atoms with Crippen LogP contribution in [-0.2, 0) is 9.59 Å². The molecule has 92 valence electrons. The Labute approximate surface area is 96.6 Å². The molecule has 1 aliphatic carbocycles. The Morgan fingerprint density at radius 1 is 1.25 bits per heavy atom. The van der Waals surface area contributed by atoms with Crippen LogP contribution >= 0.6 is 0 Å². The van der Waals surface area contributed by atoms with Crippen LogP contribution in [0.4, 0.5) is 0 Å². The number of hydrogen-bond acceptors (Lipinski definition) is 2. The van der Waals surface area contributed by atoms with E-state index in [1.54, 1.807) is 11.8 Å². The van der Waals surface area contributed by atoms with E-state index in [1.807, 2.05) is 13.8 Å². The first-order chi connectivity index (χ1) is 7.41. The van der Waals surface area contributed by atoms with Crippen molar-refractivity contribution in [1.82, 2.24) is 4.90 Å². The Bertz CT molecular complexity index is 271. The smallest absolute Gasteiger partial charge is 0.308 e. The molecule has 4 nitrogen and oxygen atoms in total. The maximum absolute atomic E-state index is 11.9. The minimum absolute atomic E-state index is 0.141. The highest BCUT2D eigenvalue weighted by Gasteiger charge is 2.34. The van der Waals surface area contributed by atoms with Gasteiger partial charge in [-0.3, -0.25) is 9.59 Å². The highest BCUT2D eigenvalue weighted by atomic mass is 16.4. The van der Waals surface area contributed by atoms with E-state index in [9.17, 15) is 9.59 Å². The first kappa shape index (κ1) is 13.0. The normalized spacial score (nSPS) is 17.2. The summed E-state index contributed by atoms with van der Waals surface area (Å²) in [5, 5.41) is 8.86. The van der Waals surface area contributed by atoms with Gasteiger partial charge in [0.2, 0.25) is 5.91 Å². The third kappa shape index (κ3) is 3.83. The van der Waals surface area contributed by atoms with Gasteiger partial charge in [0.05, 0.1) is 5.92 Å². The van der Waals surface area contributed by atoms with E-state index in [4.69, 9.17) is 5.11 Å². The molecular formula is C12H21NO3.